The number of aryl methyl sites for hydroxylation is 1. The lowest BCUT2D eigenvalue weighted by Crippen LogP contribution is -2.17. The van der Waals surface area contributed by atoms with E-state index in [4.69, 9.17) is 5.73 Å². The number of benzene rings is 1. The van der Waals surface area contributed by atoms with Crippen molar-refractivity contribution < 1.29 is 0 Å². The maximum atomic E-state index is 5.78. The van der Waals surface area contributed by atoms with Gasteiger partial charge in [-0.2, -0.15) is 0 Å². The van der Waals surface area contributed by atoms with Crippen molar-refractivity contribution in [3.05, 3.63) is 41.7 Å². The van der Waals surface area contributed by atoms with Gasteiger partial charge in [0.25, 0.3) is 0 Å². The van der Waals surface area contributed by atoms with Gasteiger partial charge in [0.15, 0.2) is 0 Å². The average Bonchev–Trinajstić information content (AvgIpc) is 2.17. The molecule has 78 valence electrons. The van der Waals surface area contributed by atoms with Crippen LogP contribution in [-0.2, 0) is 6.42 Å². The first-order chi connectivity index (χ1) is 7.15. The van der Waals surface area contributed by atoms with Crippen LogP contribution < -0.4 is 5.73 Å². The predicted molar refractivity (Wildman–Crippen MR) is 63.8 cm³/mol. The summed E-state index contributed by atoms with van der Waals surface area (Å²) >= 11 is 0. The molecule has 0 aliphatic heterocycles. The van der Waals surface area contributed by atoms with E-state index in [1.54, 1.807) is 0 Å². The molecule has 0 bridgehead atoms. The van der Waals surface area contributed by atoms with Crippen molar-refractivity contribution in [3.63, 3.8) is 0 Å². The van der Waals surface area contributed by atoms with E-state index >= 15 is 0 Å². The molecule has 0 fully saturated rings. The molecule has 1 unspecified atom stereocenters. The first-order valence-corrected chi connectivity index (χ1v) is 5.26. The van der Waals surface area contributed by atoms with Gasteiger partial charge in [0.05, 0.1) is 0 Å². The van der Waals surface area contributed by atoms with Crippen LogP contribution in [0, 0.1) is 6.92 Å². The maximum absolute atomic E-state index is 5.78. The Kier molecular flexibility index (Phi) is 2.69. The summed E-state index contributed by atoms with van der Waals surface area (Å²) in [6.07, 6.45) is 2.85. The SMILES string of the molecule is Cc1cc2ccc(CC(C)N)cc2cn1. The van der Waals surface area contributed by atoms with Gasteiger partial charge in [0.1, 0.15) is 0 Å². The van der Waals surface area contributed by atoms with Crippen LogP contribution >= 0.6 is 0 Å². The molecule has 2 aromatic rings. The molecule has 1 aromatic heterocycles. The van der Waals surface area contributed by atoms with E-state index in [9.17, 15) is 0 Å². The van der Waals surface area contributed by atoms with Gasteiger partial charge in [0, 0.05) is 23.3 Å². The number of hydrogen-bond donors (Lipinski definition) is 1. The molecule has 2 rings (SSSR count). The molecule has 1 atom stereocenters. The molecule has 0 aliphatic carbocycles. The van der Waals surface area contributed by atoms with Gasteiger partial charge in [-0.25, -0.2) is 0 Å². The van der Waals surface area contributed by atoms with Gasteiger partial charge in [-0.05, 0) is 43.4 Å². The van der Waals surface area contributed by atoms with E-state index < -0.39 is 0 Å². The van der Waals surface area contributed by atoms with Gasteiger partial charge < -0.3 is 5.73 Å². The van der Waals surface area contributed by atoms with Crippen LogP contribution in [0.1, 0.15) is 18.2 Å². The molecule has 0 amide bonds. The van der Waals surface area contributed by atoms with E-state index in [0.29, 0.717) is 0 Å². The van der Waals surface area contributed by atoms with Gasteiger partial charge in [-0.3, -0.25) is 4.98 Å². The topological polar surface area (TPSA) is 38.9 Å². The van der Waals surface area contributed by atoms with Crippen molar-refractivity contribution in [2.24, 2.45) is 5.73 Å². The highest BCUT2D eigenvalue weighted by molar-refractivity contribution is 5.82. The van der Waals surface area contributed by atoms with Crippen LogP contribution in [0.5, 0.6) is 0 Å². The van der Waals surface area contributed by atoms with Crippen molar-refractivity contribution in [1.29, 1.82) is 0 Å². The number of nitrogens with two attached hydrogens (primary N) is 1. The molecule has 0 radical (unpaired) electrons. The van der Waals surface area contributed by atoms with Crippen LogP contribution in [0.3, 0.4) is 0 Å². The molecular weight excluding hydrogens is 184 g/mol. The zero-order valence-electron chi connectivity index (χ0n) is 9.20. The van der Waals surface area contributed by atoms with Crippen LogP contribution in [0.15, 0.2) is 30.5 Å². The van der Waals surface area contributed by atoms with E-state index in [1.807, 2.05) is 20.0 Å². The second kappa shape index (κ2) is 3.99. The van der Waals surface area contributed by atoms with Crippen LogP contribution in [0.2, 0.25) is 0 Å². The summed E-state index contributed by atoms with van der Waals surface area (Å²) < 4.78 is 0. The zero-order valence-corrected chi connectivity index (χ0v) is 9.20. The monoisotopic (exact) mass is 200 g/mol. The number of fused-ring (bicyclic) bond motifs is 1. The van der Waals surface area contributed by atoms with E-state index in [0.717, 1.165) is 12.1 Å². The second-order valence-corrected chi connectivity index (χ2v) is 4.19. The van der Waals surface area contributed by atoms with Gasteiger partial charge >= 0.3 is 0 Å². The molecule has 2 heteroatoms. The van der Waals surface area contributed by atoms with Crippen molar-refractivity contribution in [2.75, 3.05) is 0 Å². The van der Waals surface area contributed by atoms with Gasteiger partial charge in [-0.1, -0.05) is 12.1 Å². The van der Waals surface area contributed by atoms with Crippen molar-refractivity contribution in [3.8, 4) is 0 Å². The highest BCUT2D eigenvalue weighted by Crippen LogP contribution is 2.16. The fourth-order valence-electron chi connectivity index (χ4n) is 1.80. The third-order valence-corrected chi connectivity index (χ3v) is 2.48. The average molecular weight is 200 g/mol. The smallest absolute Gasteiger partial charge is 0.0379 e. The summed E-state index contributed by atoms with van der Waals surface area (Å²) in [4.78, 5) is 4.30. The first kappa shape index (κ1) is 10.1. The Morgan fingerprint density at radius 2 is 2.07 bits per heavy atom. The second-order valence-electron chi connectivity index (χ2n) is 4.19. The minimum absolute atomic E-state index is 0.209. The largest absolute Gasteiger partial charge is 0.328 e. The third-order valence-electron chi connectivity index (χ3n) is 2.48. The summed E-state index contributed by atoms with van der Waals surface area (Å²) in [6.45, 7) is 4.03. The molecule has 0 spiro atoms. The fourth-order valence-corrected chi connectivity index (χ4v) is 1.80. The Hall–Kier alpha value is -1.41. The predicted octanol–water partition coefficient (Wildman–Crippen LogP) is 2.43. The Labute approximate surface area is 90.1 Å². The van der Waals surface area contributed by atoms with Gasteiger partial charge in [0.2, 0.25) is 0 Å². The molecule has 0 saturated carbocycles. The molecule has 15 heavy (non-hydrogen) atoms. The standard InChI is InChI=1S/C13H16N2/c1-9(14)5-11-3-4-12-6-10(2)15-8-13(12)7-11/h3-4,6-9H,5,14H2,1-2H3. The van der Waals surface area contributed by atoms with E-state index in [1.165, 1.54) is 16.3 Å². The minimum atomic E-state index is 0.209. The lowest BCUT2D eigenvalue weighted by Gasteiger charge is -2.06. The van der Waals surface area contributed by atoms with Crippen LogP contribution in [-0.4, -0.2) is 11.0 Å². The lowest BCUT2D eigenvalue weighted by molar-refractivity contribution is 0.739. The number of hydrogen-bond acceptors (Lipinski definition) is 2. The molecule has 0 saturated heterocycles. The molecule has 0 aliphatic rings. The Morgan fingerprint density at radius 1 is 1.27 bits per heavy atom. The highest BCUT2D eigenvalue weighted by atomic mass is 14.7. The minimum Gasteiger partial charge on any atom is -0.328 e. The number of aromatic nitrogens is 1. The summed E-state index contributed by atoms with van der Waals surface area (Å²) in [6, 6.07) is 8.77. The summed E-state index contributed by atoms with van der Waals surface area (Å²) in [5.41, 5.74) is 8.12. The first-order valence-electron chi connectivity index (χ1n) is 5.26. The maximum Gasteiger partial charge on any atom is 0.0379 e. The summed E-state index contributed by atoms with van der Waals surface area (Å²) in [5, 5.41) is 2.44. The molecule has 2 nitrogen and oxygen atoms in total. The Bertz CT molecular complexity index is 475. The number of nitrogens with zero attached hydrogens (tertiary/aromatic N) is 1. The fraction of sp³-hybridized carbons (Fsp3) is 0.308. The van der Waals surface area contributed by atoms with Crippen molar-refractivity contribution in [2.45, 2.75) is 26.3 Å². The molecular formula is C13H16N2. The Morgan fingerprint density at radius 3 is 2.80 bits per heavy atom. The quantitative estimate of drug-likeness (QED) is 0.808. The van der Waals surface area contributed by atoms with Gasteiger partial charge in [-0.15, -0.1) is 0 Å². The zero-order chi connectivity index (χ0) is 10.8. The normalized spacial score (nSPS) is 13.0. The van der Waals surface area contributed by atoms with E-state index in [2.05, 4.69) is 29.2 Å². The summed E-state index contributed by atoms with van der Waals surface area (Å²) in [7, 11) is 0. The van der Waals surface area contributed by atoms with Crippen LogP contribution in [0.4, 0.5) is 0 Å². The third kappa shape index (κ3) is 2.34. The number of rotatable bonds is 2. The van der Waals surface area contributed by atoms with E-state index in [-0.39, 0.29) is 6.04 Å². The molecule has 2 N–H and O–H groups in total. The number of pyridine rings is 1. The lowest BCUT2D eigenvalue weighted by atomic mass is 10.0. The summed E-state index contributed by atoms with van der Waals surface area (Å²) in [5.74, 6) is 0. The Balaban J connectivity index is 2.43. The molecule has 1 heterocycles. The van der Waals surface area contributed by atoms with Crippen LogP contribution in [0.25, 0.3) is 10.8 Å². The molecule has 1 aromatic carbocycles. The van der Waals surface area contributed by atoms with Crippen molar-refractivity contribution >= 4 is 10.8 Å². The highest BCUT2D eigenvalue weighted by Gasteiger charge is 2.00. The van der Waals surface area contributed by atoms with Crippen molar-refractivity contribution in [1.82, 2.24) is 4.98 Å².